The fraction of sp³-hybridized carbons (Fsp3) is 0.385. The van der Waals surface area contributed by atoms with Crippen LogP contribution in [-0.2, 0) is 6.54 Å². The molecule has 0 unspecified atom stereocenters. The van der Waals surface area contributed by atoms with Crippen LogP contribution in [0, 0.1) is 6.92 Å². The fourth-order valence-electron chi connectivity index (χ4n) is 1.79. The van der Waals surface area contributed by atoms with Gasteiger partial charge < -0.3 is 10.2 Å². The lowest BCUT2D eigenvalue weighted by Gasteiger charge is -2.22. The van der Waals surface area contributed by atoms with E-state index in [0.29, 0.717) is 0 Å². The average Bonchev–Trinajstić information content (AvgIpc) is 2.88. The Morgan fingerprint density at radius 3 is 2.83 bits per heavy atom. The number of rotatable bonds is 5. The first kappa shape index (κ1) is 12.8. The van der Waals surface area contributed by atoms with Crippen LogP contribution in [0.5, 0.6) is 0 Å². The molecule has 0 saturated heterocycles. The Morgan fingerprint density at radius 1 is 1.39 bits per heavy atom. The van der Waals surface area contributed by atoms with E-state index in [1.165, 1.54) is 4.88 Å². The van der Waals surface area contributed by atoms with Gasteiger partial charge in [0, 0.05) is 24.5 Å². The van der Waals surface area contributed by atoms with Gasteiger partial charge in [0.2, 0.25) is 0 Å². The van der Waals surface area contributed by atoms with Gasteiger partial charge in [-0.2, -0.15) is 0 Å². The summed E-state index contributed by atoms with van der Waals surface area (Å²) in [4.78, 5) is 12.4. The molecule has 1 N–H and O–H groups in total. The maximum atomic E-state index is 4.51. The molecule has 0 fully saturated rings. The second-order valence-electron chi connectivity index (χ2n) is 4.00. The van der Waals surface area contributed by atoms with E-state index in [4.69, 9.17) is 0 Å². The number of hydrogen-bond donors (Lipinski definition) is 1. The SMILES string of the molecule is CCN(Cc1cccs1)c1cc(NC)nc(C)n1. The Hall–Kier alpha value is -1.62. The van der Waals surface area contributed by atoms with E-state index in [9.17, 15) is 0 Å². The van der Waals surface area contributed by atoms with E-state index in [1.54, 1.807) is 11.3 Å². The highest BCUT2D eigenvalue weighted by Crippen LogP contribution is 2.19. The first-order chi connectivity index (χ1) is 8.72. The third-order valence-electron chi connectivity index (χ3n) is 2.71. The summed E-state index contributed by atoms with van der Waals surface area (Å²) in [6, 6.07) is 6.22. The van der Waals surface area contributed by atoms with Gasteiger partial charge in [0.15, 0.2) is 0 Å². The van der Waals surface area contributed by atoms with Crippen molar-refractivity contribution in [2.45, 2.75) is 20.4 Å². The van der Waals surface area contributed by atoms with Gasteiger partial charge in [-0.05, 0) is 25.3 Å². The summed E-state index contributed by atoms with van der Waals surface area (Å²) in [7, 11) is 1.88. The Bertz CT molecular complexity index is 496. The average molecular weight is 262 g/mol. The molecular weight excluding hydrogens is 244 g/mol. The van der Waals surface area contributed by atoms with Crippen LogP contribution in [0.15, 0.2) is 23.6 Å². The molecule has 2 rings (SSSR count). The molecule has 2 aromatic rings. The molecule has 18 heavy (non-hydrogen) atoms. The van der Waals surface area contributed by atoms with Gasteiger partial charge in [-0.1, -0.05) is 6.07 Å². The zero-order valence-corrected chi connectivity index (χ0v) is 11.8. The van der Waals surface area contributed by atoms with Crippen LogP contribution in [0.4, 0.5) is 11.6 Å². The summed E-state index contributed by atoms with van der Waals surface area (Å²) >= 11 is 1.77. The first-order valence-electron chi connectivity index (χ1n) is 6.03. The van der Waals surface area contributed by atoms with E-state index >= 15 is 0 Å². The van der Waals surface area contributed by atoms with Gasteiger partial charge in [-0.15, -0.1) is 11.3 Å². The number of thiophene rings is 1. The Labute approximate surface area is 112 Å². The van der Waals surface area contributed by atoms with Crippen molar-refractivity contribution < 1.29 is 0 Å². The van der Waals surface area contributed by atoms with Crippen molar-refractivity contribution in [1.29, 1.82) is 0 Å². The van der Waals surface area contributed by atoms with Crippen LogP contribution in [0.25, 0.3) is 0 Å². The lowest BCUT2D eigenvalue weighted by atomic mass is 10.3. The summed E-state index contributed by atoms with van der Waals surface area (Å²) < 4.78 is 0. The quantitative estimate of drug-likeness (QED) is 0.899. The minimum atomic E-state index is 0.793. The van der Waals surface area contributed by atoms with Crippen molar-refractivity contribution in [2.75, 3.05) is 23.8 Å². The molecule has 0 saturated carbocycles. The summed E-state index contributed by atoms with van der Waals surface area (Å²) in [5, 5.41) is 5.18. The van der Waals surface area contributed by atoms with Gasteiger partial charge in [0.05, 0.1) is 6.54 Å². The van der Waals surface area contributed by atoms with Crippen LogP contribution < -0.4 is 10.2 Å². The van der Waals surface area contributed by atoms with Crippen molar-refractivity contribution in [2.24, 2.45) is 0 Å². The first-order valence-corrected chi connectivity index (χ1v) is 6.91. The van der Waals surface area contributed by atoms with E-state index in [0.717, 1.165) is 30.5 Å². The molecule has 0 radical (unpaired) electrons. The summed E-state index contributed by atoms with van der Waals surface area (Å²) in [6.07, 6.45) is 0. The molecule has 0 aliphatic heterocycles. The van der Waals surface area contributed by atoms with Gasteiger partial charge in [0.1, 0.15) is 17.5 Å². The zero-order valence-electron chi connectivity index (χ0n) is 11.0. The molecule has 4 nitrogen and oxygen atoms in total. The fourth-order valence-corrected chi connectivity index (χ4v) is 2.51. The predicted octanol–water partition coefficient (Wildman–Crippen LogP) is 2.91. The van der Waals surface area contributed by atoms with Crippen LogP contribution in [0.2, 0.25) is 0 Å². The number of hydrogen-bond acceptors (Lipinski definition) is 5. The lowest BCUT2D eigenvalue weighted by molar-refractivity contribution is 0.813. The number of nitrogens with one attached hydrogen (secondary N) is 1. The maximum absolute atomic E-state index is 4.51. The van der Waals surface area contributed by atoms with E-state index in [1.807, 2.05) is 20.0 Å². The lowest BCUT2D eigenvalue weighted by Crippen LogP contribution is -2.23. The highest BCUT2D eigenvalue weighted by Gasteiger charge is 2.09. The Balaban J connectivity index is 2.24. The molecule has 0 aliphatic carbocycles. The van der Waals surface area contributed by atoms with Gasteiger partial charge in [0.25, 0.3) is 0 Å². The molecule has 96 valence electrons. The normalized spacial score (nSPS) is 10.4. The monoisotopic (exact) mass is 262 g/mol. The van der Waals surface area contributed by atoms with Gasteiger partial charge in [-0.3, -0.25) is 0 Å². The molecule has 2 aromatic heterocycles. The van der Waals surface area contributed by atoms with Crippen LogP contribution in [0.1, 0.15) is 17.6 Å². The largest absolute Gasteiger partial charge is 0.373 e. The molecule has 0 bridgehead atoms. The van der Waals surface area contributed by atoms with Gasteiger partial charge in [-0.25, -0.2) is 9.97 Å². The van der Waals surface area contributed by atoms with Crippen molar-refractivity contribution in [3.63, 3.8) is 0 Å². The summed E-state index contributed by atoms with van der Waals surface area (Å²) in [5.74, 6) is 2.63. The third kappa shape index (κ3) is 2.98. The van der Waals surface area contributed by atoms with Crippen molar-refractivity contribution in [1.82, 2.24) is 9.97 Å². The molecule has 5 heteroatoms. The maximum Gasteiger partial charge on any atom is 0.134 e. The molecular formula is C13H18N4S. The minimum Gasteiger partial charge on any atom is -0.373 e. The molecule has 0 spiro atoms. The second kappa shape index (κ2) is 5.82. The van der Waals surface area contributed by atoms with E-state index in [2.05, 4.69) is 44.6 Å². The molecule has 0 aliphatic rings. The Morgan fingerprint density at radius 2 is 2.22 bits per heavy atom. The van der Waals surface area contributed by atoms with Crippen molar-refractivity contribution in [3.05, 3.63) is 34.3 Å². The number of aryl methyl sites for hydroxylation is 1. The predicted molar refractivity (Wildman–Crippen MR) is 77.4 cm³/mol. The smallest absolute Gasteiger partial charge is 0.134 e. The van der Waals surface area contributed by atoms with Gasteiger partial charge >= 0.3 is 0 Å². The Kier molecular flexibility index (Phi) is 4.15. The van der Waals surface area contributed by atoms with E-state index in [-0.39, 0.29) is 0 Å². The van der Waals surface area contributed by atoms with Crippen molar-refractivity contribution in [3.8, 4) is 0 Å². The second-order valence-corrected chi connectivity index (χ2v) is 5.03. The molecule has 0 aromatic carbocycles. The molecule has 2 heterocycles. The summed E-state index contributed by atoms with van der Waals surface area (Å²) in [6.45, 7) is 5.89. The highest BCUT2D eigenvalue weighted by molar-refractivity contribution is 7.09. The number of aromatic nitrogens is 2. The van der Waals surface area contributed by atoms with Crippen LogP contribution in [0.3, 0.4) is 0 Å². The topological polar surface area (TPSA) is 41.0 Å². The van der Waals surface area contributed by atoms with Crippen LogP contribution in [-0.4, -0.2) is 23.6 Å². The number of nitrogens with zero attached hydrogens (tertiary/aromatic N) is 3. The van der Waals surface area contributed by atoms with Crippen molar-refractivity contribution >= 4 is 23.0 Å². The van der Waals surface area contributed by atoms with E-state index < -0.39 is 0 Å². The number of anilines is 2. The molecule has 0 atom stereocenters. The minimum absolute atomic E-state index is 0.793. The highest BCUT2D eigenvalue weighted by atomic mass is 32.1. The summed E-state index contributed by atoms with van der Waals surface area (Å²) in [5.41, 5.74) is 0. The molecule has 0 amide bonds. The standard InChI is InChI=1S/C13H18N4S/c1-4-17(9-11-6-5-7-18-11)13-8-12(14-3)15-10(2)16-13/h5-8H,4,9H2,1-3H3,(H,14,15,16). The zero-order chi connectivity index (χ0) is 13.0. The third-order valence-corrected chi connectivity index (χ3v) is 3.57. The van der Waals surface area contributed by atoms with Crippen LogP contribution >= 0.6 is 11.3 Å².